The number of rotatable bonds is 0. The summed E-state index contributed by atoms with van der Waals surface area (Å²) >= 11 is 3.63. The zero-order valence-corrected chi connectivity index (χ0v) is 11.2. The van der Waals surface area contributed by atoms with Gasteiger partial charge in [0.1, 0.15) is 0 Å². The lowest BCUT2D eigenvalue weighted by atomic mass is 10.0. The van der Waals surface area contributed by atoms with Crippen molar-refractivity contribution in [3.63, 3.8) is 0 Å². The Bertz CT molecular complexity index is 777. The standard InChI is InChI=1S/C16H10BrN/c17-15-7-8-18-16-12-6-5-10-3-1-2-4-11(10)13(12)9-14(15)16/h1-8H,9H2. The molecule has 0 fully saturated rings. The molecule has 1 nitrogen and oxygen atoms in total. The molecule has 0 spiro atoms. The predicted molar refractivity (Wildman–Crippen MR) is 77.7 cm³/mol. The minimum absolute atomic E-state index is 0.973. The Hall–Kier alpha value is -1.67. The van der Waals surface area contributed by atoms with Crippen molar-refractivity contribution in [2.75, 3.05) is 0 Å². The van der Waals surface area contributed by atoms with Crippen LogP contribution in [-0.2, 0) is 6.42 Å². The van der Waals surface area contributed by atoms with E-state index in [0.717, 1.165) is 16.6 Å². The molecule has 0 saturated heterocycles. The van der Waals surface area contributed by atoms with Gasteiger partial charge < -0.3 is 0 Å². The van der Waals surface area contributed by atoms with E-state index >= 15 is 0 Å². The highest BCUT2D eigenvalue weighted by atomic mass is 79.9. The van der Waals surface area contributed by atoms with Crippen LogP contribution in [0.1, 0.15) is 11.1 Å². The molecule has 1 aliphatic carbocycles. The van der Waals surface area contributed by atoms with Gasteiger partial charge in [0.25, 0.3) is 0 Å². The van der Waals surface area contributed by atoms with Crippen LogP contribution >= 0.6 is 15.9 Å². The van der Waals surface area contributed by atoms with Crippen LogP contribution in [0.15, 0.2) is 53.1 Å². The zero-order chi connectivity index (χ0) is 12.1. The van der Waals surface area contributed by atoms with E-state index < -0.39 is 0 Å². The lowest BCUT2D eigenvalue weighted by Crippen LogP contribution is -1.85. The maximum Gasteiger partial charge on any atom is 0.0751 e. The summed E-state index contributed by atoms with van der Waals surface area (Å²) in [5.74, 6) is 0. The predicted octanol–water partition coefficient (Wildman–Crippen LogP) is 4.57. The summed E-state index contributed by atoms with van der Waals surface area (Å²) in [5.41, 5.74) is 5.13. The van der Waals surface area contributed by atoms with Crippen LogP contribution in [0.25, 0.3) is 22.0 Å². The third-order valence-corrected chi connectivity index (χ3v) is 4.39. The second kappa shape index (κ2) is 3.66. The Morgan fingerprint density at radius 1 is 0.944 bits per heavy atom. The molecule has 86 valence electrons. The molecular formula is C16H10BrN. The van der Waals surface area contributed by atoms with Gasteiger partial charge in [0.2, 0.25) is 0 Å². The molecule has 0 unspecified atom stereocenters. The monoisotopic (exact) mass is 295 g/mol. The second-order valence-electron chi connectivity index (χ2n) is 4.61. The largest absolute Gasteiger partial charge is 0.256 e. The van der Waals surface area contributed by atoms with E-state index in [0.29, 0.717) is 0 Å². The fourth-order valence-electron chi connectivity index (χ4n) is 2.79. The van der Waals surface area contributed by atoms with Crippen LogP contribution in [0.4, 0.5) is 0 Å². The fourth-order valence-corrected chi connectivity index (χ4v) is 3.24. The highest BCUT2D eigenvalue weighted by Crippen LogP contribution is 2.41. The van der Waals surface area contributed by atoms with Crippen LogP contribution in [0.2, 0.25) is 0 Å². The van der Waals surface area contributed by atoms with Crippen LogP contribution < -0.4 is 0 Å². The lowest BCUT2D eigenvalue weighted by Gasteiger charge is -2.04. The maximum atomic E-state index is 4.54. The van der Waals surface area contributed by atoms with Crippen LogP contribution in [0, 0.1) is 0 Å². The van der Waals surface area contributed by atoms with Crippen molar-refractivity contribution in [2.24, 2.45) is 0 Å². The van der Waals surface area contributed by atoms with Crippen molar-refractivity contribution in [3.05, 3.63) is 64.3 Å². The van der Waals surface area contributed by atoms with Crippen LogP contribution in [0.5, 0.6) is 0 Å². The van der Waals surface area contributed by atoms with Gasteiger partial charge in [-0.05, 0) is 28.0 Å². The molecule has 2 aromatic carbocycles. The Kier molecular flexibility index (Phi) is 2.09. The summed E-state index contributed by atoms with van der Waals surface area (Å²) in [5, 5.41) is 2.65. The molecule has 0 radical (unpaired) electrons. The van der Waals surface area contributed by atoms with Gasteiger partial charge in [0.15, 0.2) is 0 Å². The number of fused-ring (bicyclic) bond motifs is 5. The first kappa shape index (κ1) is 10.3. The van der Waals surface area contributed by atoms with Crippen molar-refractivity contribution in [1.29, 1.82) is 0 Å². The first-order valence-electron chi connectivity index (χ1n) is 5.99. The van der Waals surface area contributed by atoms with Crippen LogP contribution in [-0.4, -0.2) is 4.98 Å². The maximum absolute atomic E-state index is 4.54. The molecule has 0 bridgehead atoms. The summed E-state index contributed by atoms with van der Waals surface area (Å²) < 4.78 is 1.16. The van der Waals surface area contributed by atoms with E-state index in [1.165, 1.54) is 27.5 Å². The molecule has 0 atom stereocenters. The average Bonchev–Trinajstić information content (AvgIpc) is 2.79. The Morgan fingerprint density at radius 3 is 2.78 bits per heavy atom. The summed E-state index contributed by atoms with van der Waals surface area (Å²) in [6.45, 7) is 0. The zero-order valence-electron chi connectivity index (χ0n) is 9.65. The van der Waals surface area contributed by atoms with E-state index in [2.05, 4.69) is 57.3 Å². The van der Waals surface area contributed by atoms with Gasteiger partial charge >= 0.3 is 0 Å². The smallest absolute Gasteiger partial charge is 0.0751 e. The second-order valence-corrected chi connectivity index (χ2v) is 5.46. The number of nitrogens with zero attached hydrogens (tertiary/aromatic N) is 1. The van der Waals surface area contributed by atoms with Crippen molar-refractivity contribution in [3.8, 4) is 11.3 Å². The Labute approximate surface area is 114 Å². The topological polar surface area (TPSA) is 12.9 Å². The van der Waals surface area contributed by atoms with Gasteiger partial charge in [-0.15, -0.1) is 0 Å². The number of pyridine rings is 1. The number of hydrogen-bond donors (Lipinski definition) is 0. The summed E-state index contributed by atoms with van der Waals surface area (Å²) in [6, 6.07) is 15.0. The first-order valence-corrected chi connectivity index (χ1v) is 6.78. The SMILES string of the molecule is Brc1ccnc2c1Cc1c-2ccc2ccccc12. The number of aromatic nitrogens is 1. The minimum Gasteiger partial charge on any atom is -0.256 e. The highest BCUT2D eigenvalue weighted by Gasteiger charge is 2.23. The first-order chi connectivity index (χ1) is 8.84. The summed E-state index contributed by atoms with van der Waals surface area (Å²) in [6.07, 6.45) is 2.84. The van der Waals surface area contributed by atoms with Gasteiger partial charge in [-0.3, -0.25) is 4.98 Å². The Balaban J connectivity index is 2.10. The minimum atomic E-state index is 0.973. The van der Waals surface area contributed by atoms with E-state index in [9.17, 15) is 0 Å². The molecule has 3 aromatic rings. The number of benzene rings is 2. The summed E-state index contributed by atoms with van der Waals surface area (Å²) in [7, 11) is 0. The van der Waals surface area contributed by atoms with E-state index in [1.54, 1.807) is 0 Å². The van der Waals surface area contributed by atoms with Gasteiger partial charge in [0, 0.05) is 22.7 Å². The third-order valence-electron chi connectivity index (χ3n) is 3.65. The number of hydrogen-bond acceptors (Lipinski definition) is 1. The molecule has 0 saturated carbocycles. The molecule has 1 aliphatic rings. The van der Waals surface area contributed by atoms with Crippen LogP contribution in [0.3, 0.4) is 0 Å². The molecule has 0 aliphatic heterocycles. The van der Waals surface area contributed by atoms with Gasteiger partial charge in [-0.2, -0.15) is 0 Å². The number of halogens is 1. The summed E-state index contributed by atoms with van der Waals surface area (Å²) in [4.78, 5) is 4.54. The molecule has 4 rings (SSSR count). The van der Waals surface area contributed by atoms with Crippen molar-refractivity contribution < 1.29 is 0 Å². The quantitative estimate of drug-likeness (QED) is 0.463. The molecule has 0 amide bonds. The third kappa shape index (κ3) is 1.30. The molecular weight excluding hydrogens is 286 g/mol. The highest BCUT2D eigenvalue weighted by molar-refractivity contribution is 9.10. The molecule has 2 heteroatoms. The van der Waals surface area contributed by atoms with E-state index in [1.807, 2.05) is 12.3 Å². The van der Waals surface area contributed by atoms with Crippen molar-refractivity contribution in [2.45, 2.75) is 6.42 Å². The van der Waals surface area contributed by atoms with Crippen molar-refractivity contribution in [1.82, 2.24) is 4.98 Å². The normalized spacial score (nSPS) is 12.5. The lowest BCUT2D eigenvalue weighted by molar-refractivity contribution is 1.22. The van der Waals surface area contributed by atoms with Gasteiger partial charge in [0.05, 0.1) is 5.69 Å². The van der Waals surface area contributed by atoms with Gasteiger partial charge in [-0.1, -0.05) is 52.3 Å². The van der Waals surface area contributed by atoms with E-state index in [-0.39, 0.29) is 0 Å². The van der Waals surface area contributed by atoms with Gasteiger partial charge in [-0.25, -0.2) is 0 Å². The van der Waals surface area contributed by atoms with E-state index in [4.69, 9.17) is 0 Å². The molecule has 1 heterocycles. The molecule has 18 heavy (non-hydrogen) atoms. The molecule has 1 aromatic heterocycles. The van der Waals surface area contributed by atoms with Crippen molar-refractivity contribution >= 4 is 26.7 Å². The molecule has 0 N–H and O–H groups in total. The Morgan fingerprint density at radius 2 is 1.83 bits per heavy atom. The average molecular weight is 296 g/mol. The fraction of sp³-hybridized carbons (Fsp3) is 0.0625.